The van der Waals surface area contributed by atoms with E-state index >= 15 is 0 Å². The monoisotopic (exact) mass is 226 g/mol. The first-order valence-corrected chi connectivity index (χ1v) is 6.74. The maximum atomic E-state index is 6.35. The Morgan fingerprint density at radius 3 is 2.38 bits per heavy atom. The van der Waals surface area contributed by atoms with Gasteiger partial charge in [0.15, 0.2) is 0 Å². The summed E-state index contributed by atoms with van der Waals surface area (Å²) in [7, 11) is 0. The summed E-state index contributed by atoms with van der Waals surface area (Å²) < 4.78 is 5.40. The SMILES string of the molecule is CC1(NCCC2(N)CCCC2)CCOCC1. The van der Waals surface area contributed by atoms with E-state index < -0.39 is 0 Å². The van der Waals surface area contributed by atoms with Gasteiger partial charge in [-0.15, -0.1) is 0 Å². The van der Waals surface area contributed by atoms with Crippen LogP contribution in [-0.2, 0) is 4.74 Å². The molecule has 0 unspecified atom stereocenters. The topological polar surface area (TPSA) is 47.3 Å². The van der Waals surface area contributed by atoms with Crippen molar-refractivity contribution in [3.63, 3.8) is 0 Å². The second kappa shape index (κ2) is 5.03. The molecule has 2 aliphatic rings. The Balaban J connectivity index is 1.70. The third-order valence-corrected chi connectivity index (χ3v) is 4.37. The van der Waals surface area contributed by atoms with Crippen LogP contribution in [0, 0.1) is 0 Å². The van der Waals surface area contributed by atoms with Crippen LogP contribution in [0.3, 0.4) is 0 Å². The summed E-state index contributed by atoms with van der Waals surface area (Å²) in [6.45, 7) is 5.18. The number of nitrogens with one attached hydrogen (secondary N) is 1. The Hall–Kier alpha value is -0.120. The van der Waals surface area contributed by atoms with Crippen molar-refractivity contribution in [3.05, 3.63) is 0 Å². The van der Waals surface area contributed by atoms with Gasteiger partial charge in [-0.1, -0.05) is 12.8 Å². The number of hydrogen-bond donors (Lipinski definition) is 2. The van der Waals surface area contributed by atoms with E-state index in [1.807, 2.05) is 0 Å². The third kappa shape index (κ3) is 3.19. The van der Waals surface area contributed by atoms with Gasteiger partial charge in [0.05, 0.1) is 0 Å². The van der Waals surface area contributed by atoms with Crippen molar-refractivity contribution in [3.8, 4) is 0 Å². The first kappa shape index (κ1) is 12.3. The van der Waals surface area contributed by atoms with E-state index in [1.165, 1.54) is 25.7 Å². The molecular formula is C13H26N2O. The Bertz CT molecular complexity index is 218. The van der Waals surface area contributed by atoms with Crippen molar-refractivity contribution in [2.45, 2.75) is 62.9 Å². The molecule has 1 heterocycles. The lowest BCUT2D eigenvalue weighted by atomic mass is 9.90. The summed E-state index contributed by atoms with van der Waals surface area (Å²) in [5.74, 6) is 0. The largest absolute Gasteiger partial charge is 0.381 e. The summed E-state index contributed by atoms with van der Waals surface area (Å²) in [5.41, 5.74) is 6.77. The lowest BCUT2D eigenvalue weighted by Crippen LogP contribution is -2.49. The molecule has 0 spiro atoms. The van der Waals surface area contributed by atoms with Gasteiger partial charge >= 0.3 is 0 Å². The van der Waals surface area contributed by atoms with Gasteiger partial charge in [-0.25, -0.2) is 0 Å². The van der Waals surface area contributed by atoms with Crippen LogP contribution in [0.4, 0.5) is 0 Å². The highest BCUT2D eigenvalue weighted by atomic mass is 16.5. The highest BCUT2D eigenvalue weighted by Crippen LogP contribution is 2.30. The minimum Gasteiger partial charge on any atom is -0.381 e. The minimum atomic E-state index is 0.133. The van der Waals surface area contributed by atoms with Gasteiger partial charge in [0.2, 0.25) is 0 Å². The number of hydrogen-bond acceptors (Lipinski definition) is 3. The summed E-state index contributed by atoms with van der Waals surface area (Å²) >= 11 is 0. The highest BCUT2D eigenvalue weighted by Gasteiger charge is 2.31. The summed E-state index contributed by atoms with van der Waals surface area (Å²) in [4.78, 5) is 0. The molecule has 3 N–H and O–H groups in total. The van der Waals surface area contributed by atoms with Crippen molar-refractivity contribution >= 4 is 0 Å². The standard InChI is InChI=1S/C13H26N2O/c1-12(7-10-16-11-8-12)15-9-6-13(14)4-2-3-5-13/h15H,2-11,14H2,1H3. The van der Waals surface area contributed by atoms with Crippen LogP contribution in [0.1, 0.15) is 51.9 Å². The van der Waals surface area contributed by atoms with Crippen molar-refractivity contribution in [2.75, 3.05) is 19.8 Å². The zero-order chi connectivity index (χ0) is 11.5. The molecule has 0 aromatic rings. The predicted molar refractivity (Wildman–Crippen MR) is 66.5 cm³/mol. The van der Waals surface area contributed by atoms with Gasteiger partial charge in [0.25, 0.3) is 0 Å². The first-order chi connectivity index (χ1) is 7.62. The van der Waals surface area contributed by atoms with Crippen molar-refractivity contribution < 1.29 is 4.74 Å². The molecular weight excluding hydrogens is 200 g/mol. The summed E-state index contributed by atoms with van der Waals surface area (Å²) in [6, 6.07) is 0. The molecule has 1 saturated heterocycles. The van der Waals surface area contributed by atoms with Gasteiger partial charge in [0.1, 0.15) is 0 Å². The molecule has 0 atom stereocenters. The van der Waals surface area contributed by atoms with E-state index in [0.29, 0.717) is 0 Å². The molecule has 0 amide bonds. The lowest BCUT2D eigenvalue weighted by molar-refractivity contribution is 0.0447. The molecule has 3 heteroatoms. The number of nitrogens with two attached hydrogens (primary N) is 1. The van der Waals surface area contributed by atoms with Crippen LogP contribution in [0.5, 0.6) is 0 Å². The minimum absolute atomic E-state index is 0.133. The fraction of sp³-hybridized carbons (Fsp3) is 1.00. The molecule has 1 saturated carbocycles. The average Bonchev–Trinajstić information content (AvgIpc) is 2.66. The third-order valence-electron chi connectivity index (χ3n) is 4.37. The van der Waals surface area contributed by atoms with E-state index in [9.17, 15) is 0 Å². The summed E-state index contributed by atoms with van der Waals surface area (Å²) in [6.07, 6.45) is 8.46. The number of ether oxygens (including phenoxy) is 1. The lowest BCUT2D eigenvalue weighted by Gasteiger charge is -2.36. The summed E-state index contributed by atoms with van der Waals surface area (Å²) in [5, 5.41) is 3.69. The van der Waals surface area contributed by atoms with Crippen LogP contribution >= 0.6 is 0 Å². The van der Waals surface area contributed by atoms with Crippen molar-refractivity contribution in [1.29, 1.82) is 0 Å². The maximum absolute atomic E-state index is 6.35. The zero-order valence-electron chi connectivity index (χ0n) is 10.6. The van der Waals surface area contributed by atoms with E-state index in [2.05, 4.69) is 12.2 Å². The molecule has 0 bridgehead atoms. The molecule has 1 aliphatic carbocycles. The van der Waals surface area contributed by atoms with Gasteiger partial charge in [-0.2, -0.15) is 0 Å². The van der Waals surface area contributed by atoms with Gasteiger partial charge in [-0.3, -0.25) is 0 Å². The smallest absolute Gasteiger partial charge is 0.0483 e. The molecule has 1 aliphatic heterocycles. The molecule has 0 aromatic heterocycles. The zero-order valence-corrected chi connectivity index (χ0v) is 10.6. The molecule has 2 rings (SSSR count). The molecule has 94 valence electrons. The van der Waals surface area contributed by atoms with Gasteiger partial charge < -0.3 is 15.8 Å². The van der Waals surface area contributed by atoms with E-state index in [0.717, 1.165) is 39.0 Å². The van der Waals surface area contributed by atoms with Crippen molar-refractivity contribution in [1.82, 2.24) is 5.32 Å². The average molecular weight is 226 g/mol. The van der Waals surface area contributed by atoms with E-state index in [1.54, 1.807) is 0 Å². The van der Waals surface area contributed by atoms with Gasteiger partial charge in [0, 0.05) is 24.3 Å². The second-order valence-electron chi connectivity index (χ2n) is 5.92. The molecule has 2 fully saturated rings. The quantitative estimate of drug-likeness (QED) is 0.768. The predicted octanol–water partition coefficient (Wildman–Crippen LogP) is 1.81. The van der Waals surface area contributed by atoms with E-state index in [4.69, 9.17) is 10.5 Å². The van der Waals surface area contributed by atoms with Crippen LogP contribution in [0.15, 0.2) is 0 Å². The molecule has 0 aromatic carbocycles. The number of rotatable bonds is 4. The Kier molecular flexibility index (Phi) is 3.88. The second-order valence-corrected chi connectivity index (χ2v) is 5.92. The fourth-order valence-electron chi connectivity index (χ4n) is 2.94. The highest BCUT2D eigenvalue weighted by molar-refractivity contribution is 4.92. The van der Waals surface area contributed by atoms with E-state index in [-0.39, 0.29) is 11.1 Å². The molecule has 0 radical (unpaired) electrons. The van der Waals surface area contributed by atoms with Crippen LogP contribution in [-0.4, -0.2) is 30.8 Å². The normalized spacial score (nSPS) is 28.1. The van der Waals surface area contributed by atoms with Gasteiger partial charge in [-0.05, 0) is 45.6 Å². The van der Waals surface area contributed by atoms with Crippen LogP contribution in [0.25, 0.3) is 0 Å². The molecule has 16 heavy (non-hydrogen) atoms. The fourth-order valence-corrected chi connectivity index (χ4v) is 2.94. The van der Waals surface area contributed by atoms with Crippen molar-refractivity contribution in [2.24, 2.45) is 5.73 Å². The Labute approximate surface area is 99.1 Å². The maximum Gasteiger partial charge on any atom is 0.0483 e. The van der Waals surface area contributed by atoms with Crippen LogP contribution < -0.4 is 11.1 Å². The molecule has 3 nitrogen and oxygen atoms in total. The Morgan fingerprint density at radius 2 is 1.75 bits per heavy atom. The Morgan fingerprint density at radius 1 is 1.12 bits per heavy atom. The van der Waals surface area contributed by atoms with Crippen LogP contribution in [0.2, 0.25) is 0 Å². The first-order valence-electron chi connectivity index (χ1n) is 6.74.